The first-order valence-electron chi connectivity index (χ1n) is 5.12. The average Bonchev–Trinajstić information content (AvgIpc) is 2.54. The van der Waals surface area contributed by atoms with E-state index in [0.29, 0.717) is 6.61 Å². The van der Waals surface area contributed by atoms with Crippen molar-refractivity contribution in [2.24, 2.45) is 7.05 Å². The van der Waals surface area contributed by atoms with Crippen LogP contribution in [0.5, 0.6) is 5.75 Å². The molecule has 0 saturated heterocycles. The molecule has 1 aromatic carbocycles. The lowest BCUT2D eigenvalue weighted by Gasteiger charge is -2.18. The van der Waals surface area contributed by atoms with E-state index in [0.717, 1.165) is 28.3 Å². The van der Waals surface area contributed by atoms with Crippen molar-refractivity contribution in [2.45, 2.75) is 13.5 Å². The van der Waals surface area contributed by atoms with Crippen molar-refractivity contribution in [2.75, 3.05) is 0 Å². The summed E-state index contributed by atoms with van der Waals surface area (Å²) in [6.45, 7) is 2.44. The maximum atomic E-state index is 13.2. The summed E-state index contributed by atoms with van der Waals surface area (Å²) in [6, 6.07) is 4.57. The number of aryl methyl sites for hydroxylation is 2. The van der Waals surface area contributed by atoms with Crippen LogP contribution in [0.4, 0.5) is 4.39 Å². The van der Waals surface area contributed by atoms with Crippen LogP contribution in [0.25, 0.3) is 11.3 Å². The molecule has 0 aliphatic carbocycles. The Morgan fingerprint density at radius 1 is 1.44 bits per heavy atom. The first-order chi connectivity index (χ1) is 7.66. The molecule has 1 aliphatic heterocycles. The summed E-state index contributed by atoms with van der Waals surface area (Å²) < 4.78 is 20.6. The smallest absolute Gasteiger partial charge is 0.129 e. The van der Waals surface area contributed by atoms with Gasteiger partial charge in [-0.1, -0.05) is 0 Å². The highest BCUT2D eigenvalue weighted by molar-refractivity contribution is 5.72. The molecule has 0 atom stereocenters. The van der Waals surface area contributed by atoms with E-state index < -0.39 is 0 Å². The van der Waals surface area contributed by atoms with Gasteiger partial charge in [0.1, 0.15) is 18.2 Å². The molecule has 0 saturated carbocycles. The summed E-state index contributed by atoms with van der Waals surface area (Å²) in [6.07, 6.45) is 0. The van der Waals surface area contributed by atoms with Crippen molar-refractivity contribution in [3.05, 3.63) is 35.3 Å². The van der Waals surface area contributed by atoms with Crippen molar-refractivity contribution in [3.63, 3.8) is 0 Å². The van der Waals surface area contributed by atoms with Gasteiger partial charge in [-0.2, -0.15) is 5.10 Å². The van der Waals surface area contributed by atoms with Crippen molar-refractivity contribution in [1.82, 2.24) is 9.78 Å². The van der Waals surface area contributed by atoms with Gasteiger partial charge in [-0.3, -0.25) is 4.68 Å². The largest absolute Gasteiger partial charge is 0.488 e. The lowest BCUT2D eigenvalue weighted by atomic mass is 10.0. The van der Waals surface area contributed by atoms with Gasteiger partial charge in [0.15, 0.2) is 0 Å². The topological polar surface area (TPSA) is 27.1 Å². The molecule has 3 rings (SSSR count). The fourth-order valence-corrected chi connectivity index (χ4v) is 2.17. The molecule has 0 amide bonds. The second-order valence-corrected chi connectivity index (χ2v) is 3.97. The van der Waals surface area contributed by atoms with Crippen LogP contribution in [0.3, 0.4) is 0 Å². The standard InChI is InChI=1S/C12H11FN2O/c1-7-10-6-16-11-4-3-8(13)5-9(11)12(10)15(2)14-7/h3-5H,6H2,1-2H3. The maximum Gasteiger partial charge on any atom is 0.129 e. The zero-order chi connectivity index (χ0) is 11.3. The number of fused-ring (bicyclic) bond motifs is 3. The summed E-state index contributed by atoms with van der Waals surface area (Å²) in [4.78, 5) is 0. The first-order valence-corrected chi connectivity index (χ1v) is 5.12. The van der Waals surface area contributed by atoms with Crippen LogP contribution in [0, 0.1) is 12.7 Å². The third-order valence-electron chi connectivity index (χ3n) is 2.91. The highest BCUT2D eigenvalue weighted by Gasteiger charge is 2.23. The third-order valence-corrected chi connectivity index (χ3v) is 2.91. The van der Waals surface area contributed by atoms with E-state index in [9.17, 15) is 4.39 Å². The number of rotatable bonds is 0. The summed E-state index contributed by atoms with van der Waals surface area (Å²) in [5.74, 6) is 0.464. The Bertz CT molecular complexity index is 575. The Balaban J connectivity index is 2.33. The fraction of sp³-hybridized carbons (Fsp3) is 0.250. The Labute approximate surface area is 92.5 Å². The highest BCUT2D eigenvalue weighted by Crippen LogP contribution is 2.38. The Morgan fingerprint density at radius 3 is 3.06 bits per heavy atom. The van der Waals surface area contributed by atoms with Gasteiger partial charge in [0, 0.05) is 18.2 Å². The molecule has 0 fully saturated rings. The molecule has 0 radical (unpaired) electrons. The van der Waals surface area contributed by atoms with Crippen molar-refractivity contribution >= 4 is 0 Å². The summed E-state index contributed by atoms with van der Waals surface area (Å²) in [5, 5.41) is 4.34. The Kier molecular flexibility index (Phi) is 1.80. The molecule has 16 heavy (non-hydrogen) atoms. The van der Waals surface area contributed by atoms with E-state index in [2.05, 4.69) is 5.10 Å². The van der Waals surface area contributed by atoms with E-state index in [4.69, 9.17) is 4.74 Å². The van der Waals surface area contributed by atoms with Gasteiger partial charge in [-0.15, -0.1) is 0 Å². The van der Waals surface area contributed by atoms with Gasteiger partial charge in [0.25, 0.3) is 0 Å². The van der Waals surface area contributed by atoms with Gasteiger partial charge in [-0.25, -0.2) is 4.39 Å². The Hall–Kier alpha value is -1.84. The molecule has 0 N–H and O–H groups in total. The van der Waals surface area contributed by atoms with Gasteiger partial charge in [-0.05, 0) is 25.1 Å². The van der Waals surface area contributed by atoms with E-state index in [-0.39, 0.29) is 5.82 Å². The number of hydrogen-bond donors (Lipinski definition) is 0. The monoisotopic (exact) mass is 218 g/mol. The number of benzene rings is 1. The first kappa shape index (κ1) is 9.39. The highest BCUT2D eigenvalue weighted by atomic mass is 19.1. The van der Waals surface area contributed by atoms with Crippen LogP contribution in [-0.2, 0) is 13.7 Å². The van der Waals surface area contributed by atoms with E-state index in [1.54, 1.807) is 10.7 Å². The van der Waals surface area contributed by atoms with Crippen molar-refractivity contribution in [1.29, 1.82) is 0 Å². The zero-order valence-electron chi connectivity index (χ0n) is 9.12. The lowest BCUT2D eigenvalue weighted by molar-refractivity contribution is 0.300. The minimum absolute atomic E-state index is 0.256. The van der Waals surface area contributed by atoms with Gasteiger partial charge < -0.3 is 4.74 Å². The zero-order valence-corrected chi connectivity index (χ0v) is 9.12. The molecule has 0 unspecified atom stereocenters. The van der Waals surface area contributed by atoms with Crippen LogP contribution in [-0.4, -0.2) is 9.78 Å². The minimum Gasteiger partial charge on any atom is -0.488 e. The second kappa shape index (κ2) is 3.07. The number of halogens is 1. The van der Waals surface area contributed by atoms with Crippen LogP contribution in [0.15, 0.2) is 18.2 Å². The minimum atomic E-state index is -0.256. The second-order valence-electron chi connectivity index (χ2n) is 3.97. The number of hydrogen-bond acceptors (Lipinski definition) is 2. The third kappa shape index (κ3) is 1.16. The van der Waals surface area contributed by atoms with Gasteiger partial charge in [0.05, 0.1) is 11.4 Å². The number of aromatic nitrogens is 2. The lowest BCUT2D eigenvalue weighted by Crippen LogP contribution is -2.07. The predicted molar refractivity (Wildman–Crippen MR) is 57.7 cm³/mol. The molecular formula is C12H11FN2O. The van der Waals surface area contributed by atoms with Gasteiger partial charge in [0.2, 0.25) is 0 Å². The molecule has 1 aromatic heterocycles. The molecule has 0 spiro atoms. The average molecular weight is 218 g/mol. The molecule has 2 heterocycles. The molecule has 82 valence electrons. The normalized spacial score (nSPS) is 12.9. The van der Waals surface area contributed by atoms with Crippen LogP contribution < -0.4 is 4.74 Å². The molecular weight excluding hydrogens is 207 g/mol. The van der Waals surface area contributed by atoms with Crippen molar-refractivity contribution in [3.8, 4) is 17.0 Å². The molecule has 4 heteroatoms. The summed E-state index contributed by atoms with van der Waals surface area (Å²) >= 11 is 0. The molecule has 2 aromatic rings. The predicted octanol–water partition coefficient (Wildman–Crippen LogP) is 2.43. The van der Waals surface area contributed by atoms with Crippen LogP contribution >= 0.6 is 0 Å². The molecule has 1 aliphatic rings. The van der Waals surface area contributed by atoms with E-state index >= 15 is 0 Å². The number of ether oxygens (including phenoxy) is 1. The van der Waals surface area contributed by atoms with E-state index in [1.807, 2.05) is 14.0 Å². The van der Waals surface area contributed by atoms with Crippen LogP contribution in [0.1, 0.15) is 11.3 Å². The maximum absolute atomic E-state index is 13.2. The van der Waals surface area contributed by atoms with Crippen LogP contribution in [0.2, 0.25) is 0 Å². The molecule has 0 bridgehead atoms. The summed E-state index contributed by atoms with van der Waals surface area (Å²) in [5.41, 5.74) is 3.72. The molecule has 3 nitrogen and oxygen atoms in total. The Morgan fingerprint density at radius 2 is 2.25 bits per heavy atom. The van der Waals surface area contributed by atoms with Gasteiger partial charge >= 0.3 is 0 Å². The summed E-state index contributed by atoms with van der Waals surface area (Å²) in [7, 11) is 1.87. The number of nitrogens with zero attached hydrogens (tertiary/aromatic N) is 2. The quantitative estimate of drug-likeness (QED) is 0.679. The SMILES string of the molecule is Cc1nn(C)c2c1COc1ccc(F)cc1-2. The van der Waals surface area contributed by atoms with E-state index in [1.165, 1.54) is 12.1 Å². The fourth-order valence-electron chi connectivity index (χ4n) is 2.17. The van der Waals surface area contributed by atoms with Crippen molar-refractivity contribution < 1.29 is 9.13 Å².